The van der Waals surface area contributed by atoms with Crippen molar-refractivity contribution in [3.8, 4) is 0 Å². The Balaban J connectivity index is 3.87. The topological polar surface area (TPSA) is 55.6 Å². The number of nitrogens with zero attached hydrogens (tertiary/aromatic N) is 1. The van der Waals surface area contributed by atoms with Gasteiger partial charge in [-0.2, -0.15) is 0 Å². The summed E-state index contributed by atoms with van der Waals surface area (Å²) in [6.45, 7) is 11.3. The molecule has 0 aliphatic heterocycles. The van der Waals surface area contributed by atoms with Crippen LogP contribution in [-0.2, 0) is 9.53 Å². The van der Waals surface area contributed by atoms with Gasteiger partial charge in [-0.25, -0.2) is 0 Å². The predicted molar refractivity (Wildman–Crippen MR) is 61.6 cm³/mol. The standard InChI is InChI=1S/C11H24N2O2/c1-8(2)13(9(3)4)6-7-15-11(14)10(5)12/h8-10H,6-7,12H2,1-5H3/t10-/m0/s1. The van der Waals surface area contributed by atoms with Gasteiger partial charge in [0.2, 0.25) is 0 Å². The van der Waals surface area contributed by atoms with Crippen molar-refractivity contribution in [2.45, 2.75) is 52.7 Å². The maximum absolute atomic E-state index is 11.1. The number of carbonyl (C=O) groups is 1. The summed E-state index contributed by atoms with van der Waals surface area (Å²) < 4.78 is 5.03. The molecule has 0 fully saturated rings. The Labute approximate surface area is 92.8 Å². The second kappa shape index (κ2) is 6.80. The fourth-order valence-electron chi connectivity index (χ4n) is 1.50. The van der Waals surface area contributed by atoms with Crippen LogP contribution in [0.3, 0.4) is 0 Å². The molecule has 0 radical (unpaired) electrons. The molecular formula is C11H24N2O2. The summed E-state index contributed by atoms with van der Waals surface area (Å²) in [6.07, 6.45) is 0. The van der Waals surface area contributed by atoms with E-state index in [4.69, 9.17) is 10.5 Å². The summed E-state index contributed by atoms with van der Waals surface area (Å²) >= 11 is 0. The zero-order valence-corrected chi connectivity index (χ0v) is 10.5. The predicted octanol–water partition coefficient (Wildman–Crippen LogP) is 0.996. The number of hydrogen-bond acceptors (Lipinski definition) is 4. The van der Waals surface area contributed by atoms with Crippen molar-refractivity contribution in [2.24, 2.45) is 5.73 Å². The Morgan fingerprint density at radius 2 is 1.67 bits per heavy atom. The third-order valence-electron chi connectivity index (χ3n) is 2.29. The van der Waals surface area contributed by atoms with E-state index in [2.05, 4.69) is 32.6 Å². The van der Waals surface area contributed by atoms with Crippen molar-refractivity contribution in [1.82, 2.24) is 4.90 Å². The van der Waals surface area contributed by atoms with Crippen molar-refractivity contribution in [2.75, 3.05) is 13.2 Å². The van der Waals surface area contributed by atoms with Gasteiger partial charge < -0.3 is 10.5 Å². The number of hydrogen-bond donors (Lipinski definition) is 1. The van der Waals surface area contributed by atoms with Crippen LogP contribution >= 0.6 is 0 Å². The van der Waals surface area contributed by atoms with Crippen molar-refractivity contribution in [3.05, 3.63) is 0 Å². The monoisotopic (exact) mass is 216 g/mol. The normalized spacial score (nSPS) is 13.7. The molecule has 15 heavy (non-hydrogen) atoms. The lowest BCUT2D eigenvalue weighted by Crippen LogP contribution is -2.40. The number of rotatable bonds is 6. The van der Waals surface area contributed by atoms with E-state index in [9.17, 15) is 4.79 Å². The van der Waals surface area contributed by atoms with E-state index in [1.807, 2.05) is 0 Å². The summed E-state index contributed by atoms with van der Waals surface area (Å²) in [5, 5.41) is 0. The van der Waals surface area contributed by atoms with Gasteiger partial charge in [-0.15, -0.1) is 0 Å². The summed E-state index contributed by atoms with van der Waals surface area (Å²) in [4.78, 5) is 13.4. The van der Waals surface area contributed by atoms with Gasteiger partial charge >= 0.3 is 5.97 Å². The van der Waals surface area contributed by atoms with Crippen LogP contribution in [0.2, 0.25) is 0 Å². The fourth-order valence-corrected chi connectivity index (χ4v) is 1.50. The number of carbonyl (C=O) groups excluding carboxylic acids is 1. The Bertz CT molecular complexity index is 183. The first-order valence-corrected chi connectivity index (χ1v) is 5.54. The number of ether oxygens (including phenoxy) is 1. The quantitative estimate of drug-likeness (QED) is 0.673. The highest BCUT2D eigenvalue weighted by Gasteiger charge is 2.14. The second-order valence-corrected chi connectivity index (χ2v) is 4.38. The highest BCUT2D eigenvalue weighted by Crippen LogP contribution is 2.04. The van der Waals surface area contributed by atoms with Crippen LogP contribution in [0.1, 0.15) is 34.6 Å². The van der Waals surface area contributed by atoms with E-state index in [0.717, 1.165) is 6.54 Å². The molecule has 0 unspecified atom stereocenters. The molecule has 1 atom stereocenters. The lowest BCUT2D eigenvalue weighted by molar-refractivity contribution is -0.145. The average Bonchev–Trinajstić information content (AvgIpc) is 2.10. The molecule has 0 aliphatic carbocycles. The Kier molecular flexibility index (Phi) is 6.52. The lowest BCUT2D eigenvalue weighted by Gasteiger charge is -2.30. The molecule has 0 aromatic rings. The second-order valence-electron chi connectivity index (χ2n) is 4.38. The third-order valence-corrected chi connectivity index (χ3v) is 2.29. The van der Waals surface area contributed by atoms with Crippen molar-refractivity contribution in [3.63, 3.8) is 0 Å². The molecule has 0 heterocycles. The van der Waals surface area contributed by atoms with Gasteiger partial charge in [-0.3, -0.25) is 9.69 Å². The van der Waals surface area contributed by atoms with Gasteiger partial charge in [0.25, 0.3) is 0 Å². The Morgan fingerprint density at radius 1 is 1.20 bits per heavy atom. The number of esters is 1. The summed E-state index contributed by atoms with van der Waals surface area (Å²) in [5.41, 5.74) is 5.38. The molecule has 0 amide bonds. The maximum atomic E-state index is 11.1. The molecule has 4 nitrogen and oxygen atoms in total. The summed E-state index contributed by atoms with van der Waals surface area (Å²) in [5.74, 6) is -0.331. The van der Waals surface area contributed by atoms with Crippen LogP contribution in [0.15, 0.2) is 0 Å². The van der Waals surface area contributed by atoms with Gasteiger partial charge in [0.15, 0.2) is 0 Å². The van der Waals surface area contributed by atoms with E-state index >= 15 is 0 Å². The highest BCUT2D eigenvalue weighted by atomic mass is 16.5. The zero-order chi connectivity index (χ0) is 12.0. The minimum atomic E-state index is -0.531. The molecule has 0 aliphatic rings. The molecule has 0 aromatic heterocycles. The van der Waals surface area contributed by atoms with Crippen LogP contribution in [-0.4, -0.2) is 42.1 Å². The summed E-state index contributed by atoms with van der Waals surface area (Å²) in [7, 11) is 0. The van der Waals surface area contributed by atoms with Gasteiger partial charge in [0.1, 0.15) is 12.6 Å². The fraction of sp³-hybridized carbons (Fsp3) is 0.909. The summed E-state index contributed by atoms with van der Waals surface area (Å²) in [6, 6.07) is 0.384. The first kappa shape index (κ1) is 14.4. The molecule has 0 aromatic carbocycles. The zero-order valence-electron chi connectivity index (χ0n) is 10.5. The van der Waals surface area contributed by atoms with Crippen LogP contribution in [0.5, 0.6) is 0 Å². The molecule has 0 saturated carbocycles. The lowest BCUT2D eigenvalue weighted by atomic mass is 10.2. The van der Waals surface area contributed by atoms with Crippen molar-refractivity contribution in [1.29, 1.82) is 0 Å². The van der Waals surface area contributed by atoms with E-state index in [-0.39, 0.29) is 5.97 Å². The molecule has 4 heteroatoms. The molecule has 0 rings (SSSR count). The van der Waals surface area contributed by atoms with Crippen molar-refractivity contribution >= 4 is 5.97 Å². The molecule has 2 N–H and O–H groups in total. The van der Waals surface area contributed by atoms with E-state index in [0.29, 0.717) is 18.7 Å². The smallest absolute Gasteiger partial charge is 0.322 e. The Hall–Kier alpha value is -0.610. The van der Waals surface area contributed by atoms with Crippen LogP contribution in [0, 0.1) is 0 Å². The first-order valence-electron chi connectivity index (χ1n) is 5.54. The van der Waals surface area contributed by atoms with Gasteiger partial charge in [-0.05, 0) is 34.6 Å². The van der Waals surface area contributed by atoms with Gasteiger partial charge in [0.05, 0.1) is 0 Å². The van der Waals surface area contributed by atoms with Crippen LogP contribution < -0.4 is 5.73 Å². The first-order chi connectivity index (χ1) is 6.86. The van der Waals surface area contributed by atoms with E-state index < -0.39 is 6.04 Å². The SMILES string of the molecule is CC(C)N(CCOC(=O)[C@H](C)N)C(C)C. The third kappa shape index (κ3) is 5.74. The maximum Gasteiger partial charge on any atom is 0.322 e. The van der Waals surface area contributed by atoms with Gasteiger partial charge in [0, 0.05) is 18.6 Å². The minimum absolute atomic E-state index is 0.331. The molecule has 0 bridgehead atoms. The molecule has 90 valence electrons. The van der Waals surface area contributed by atoms with Crippen LogP contribution in [0.4, 0.5) is 0 Å². The van der Waals surface area contributed by atoms with Crippen LogP contribution in [0.25, 0.3) is 0 Å². The van der Waals surface area contributed by atoms with Gasteiger partial charge in [-0.1, -0.05) is 0 Å². The molecular weight excluding hydrogens is 192 g/mol. The number of nitrogens with two attached hydrogens (primary N) is 1. The Morgan fingerprint density at radius 3 is 2.00 bits per heavy atom. The van der Waals surface area contributed by atoms with Crippen molar-refractivity contribution < 1.29 is 9.53 Å². The minimum Gasteiger partial charge on any atom is -0.463 e. The molecule has 0 saturated heterocycles. The van der Waals surface area contributed by atoms with E-state index in [1.165, 1.54) is 0 Å². The molecule has 0 spiro atoms. The highest BCUT2D eigenvalue weighted by molar-refractivity contribution is 5.74. The average molecular weight is 216 g/mol. The largest absolute Gasteiger partial charge is 0.463 e. The van der Waals surface area contributed by atoms with E-state index in [1.54, 1.807) is 6.92 Å².